The standard InChI is InChI=1S/C13H22N4O3/c1-4-6-10(3)9-20-12-11(17(18)19)8-15-13(16-12)14-7-5-2/h8,10H,4-7,9H2,1-3H3,(H,14,15,16). The van der Waals surface area contributed by atoms with Gasteiger partial charge >= 0.3 is 5.69 Å². The molecule has 0 radical (unpaired) electrons. The molecular formula is C13H22N4O3. The Hall–Kier alpha value is -1.92. The minimum Gasteiger partial charge on any atom is -0.472 e. The summed E-state index contributed by atoms with van der Waals surface area (Å²) in [7, 11) is 0. The summed E-state index contributed by atoms with van der Waals surface area (Å²) in [5, 5.41) is 13.9. The number of hydrogen-bond donors (Lipinski definition) is 1. The summed E-state index contributed by atoms with van der Waals surface area (Å²) in [5.41, 5.74) is -0.198. The van der Waals surface area contributed by atoms with E-state index < -0.39 is 4.92 Å². The second kappa shape index (κ2) is 8.29. The molecule has 0 aromatic carbocycles. The number of rotatable bonds is 9. The molecule has 0 aliphatic rings. The van der Waals surface area contributed by atoms with Gasteiger partial charge in [-0.2, -0.15) is 4.98 Å². The summed E-state index contributed by atoms with van der Waals surface area (Å²) in [6.07, 6.45) is 4.18. The molecule has 1 aromatic heterocycles. The van der Waals surface area contributed by atoms with E-state index in [0.29, 0.717) is 25.0 Å². The average molecular weight is 282 g/mol. The highest BCUT2D eigenvalue weighted by molar-refractivity contribution is 5.43. The molecule has 112 valence electrons. The van der Waals surface area contributed by atoms with Crippen LogP contribution in [0.4, 0.5) is 11.6 Å². The number of ether oxygens (including phenoxy) is 1. The van der Waals surface area contributed by atoms with E-state index >= 15 is 0 Å². The Labute approximate surface area is 118 Å². The largest absolute Gasteiger partial charge is 0.472 e. The number of anilines is 1. The fraction of sp³-hybridized carbons (Fsp3) is 0.692. The van der Waals surface area contributed by atoms with Gasteiger partial charge in [0.15, 0.2) is 0 Å². The Morgan fingerprint density at radius 3 is 2.80 bits per heavy atom. The van der Waals surface area contributed by atoms with Crippen LogP contribution >= 0.6 is 0 Å². The minimum absolute atomic E-state index is 0.0338. The molecule has 0 aliphatic carbocycles. The van der Waals surface area contributed by atoms with Gasteiger partial charge in [-0.25, -0.2) is 4.98 Å². The van der Waals surface area contributed by atoms with Crippen LogP contribution < -0.4 is 10.1 Å². The zero-order valence-corrected chi connectivity index (χ0v) is 12.3. The van der Waals surface area contributed by atoms with Crippen molar-refractivity contribution in [3.05, 3.63) is 16.3 Å². The summed E-state index contributed by atoms with van der Waals surface area (Å²) in [6.45, 7) is 7.29. The Balaban J connectivity index is 2.80. The number of aromatic nitrogens is 2. The van der Waals surface area contributed by atoms with E-state index in [1.54, 1.807) is 0 Å². The third kappa shape index (κ3) is 4.99. The zero-order chi connectivity index (χ0) is 15.0. The normalized spacial score (nSPS) is 11.9. The summed E-state index contributed by atoms with van der Waals surface area (Å²) in [5.74, 6) is 0.726. The average Bonchev–Trinajstić information content (AvgIpc) is 2.43. The van der Waals surface area contributed by atoms with Crippen LogP contribution in [0.15, 0.2) is 6.20 Å². The maximum Gasteiger partial charge on any atom is 0.349 e. The molecule has 1 rings (SSSR count). The molecule has 0 saturated carbocycles. The van der Waals surface area contributed by atoms with Crippen LogP contribution in [0.5, 0.6) is 5.88 Å². The Morgan fingerprint density at radius 2 is 2.20 bits per heavy atom. The van der Waals surface area contributed by atoms with E-state index in [-0.39, 0.29) is 11.6 Å². The first-order valence-corrected chi connectivity index (χ1v) is 6.96. The van der Waals surface area contributed by atoms with E-state index in [4.69, 9.17) is 4.74 Å². The Bertz CT molecular complexity index is 440. The quantitative estimate of drug-likeness (QED) is 0.553. The van der Waals surface area contributed by atoms with Gasteiger partial charge in [-0.1, -0.05) is 27.2 Å². The summed E-state index contributed by atoms with van der Waals surface area (Å²) in [4.78, 5) is 18.4. The molecule has 0 bridgehead atoms. The third-order valence-electron chi connectivity index (χ3n) is 2.75. The summed E-state index contributed by atoms with van der Waals surface area (Å²) < 4.78 is 5.50. The fourth-order valence-corrected chi connectivity index (χ4v) is 1.71. The van der Waals surface area contributed by atoms with Gasteiger partial charge in [-0.15, -0.1) is 0 Å². The molecule has 0 spiro atoms. The predicted octanol–water partition coefficient (Wildman–Crippen LogP) is 3.02. The van der Waals surface area contributed by atoms with Gasteiger partial charge in [0.1, 0.15) is 6.20 Å². The molecule has 0 aliphatic heterocycles. The molecule has 1 aromatic rings. The van der Waals surface area contributed by atoms with Gasteiger partial charge in [-0.3, -0.25) is 10.1 Å². The number of nitrogens with one attached hydrogen (secondary N) is 1. The van der Waals surface area contributed by atoms with Crippen LogP contribution in [0.3, 0.4) is 0 Å². The molecule has 7 heteroatoms. The van der Waals surface area contributed by atoms with E-state index in [2.05, 4.69) is 22.2 Å². The molecule has 1 N–H and O–H groups in total. The molecule has 0 saturated heterocycles. The van der Waals surface area contributed by atoms with Gasteiger partial charge in [0.25, 0.3) is 5.88 Å². The lowest BCUT2D eigenvalue weighted by Crippen LogP contribution is -2.12. The minimum atomic E-state index is -0.524. The van der Waals surface area contributed by atoms with E-state index in [9.17, 15) is 10.1 Å². The van der Waals surface area contributed by atoms with Crippen molar-refractivity contribution in [2.75, 3.05) is 18.5 Å². The van der Waals surface area contributed by atoms with Crippen molar-refractivity contribution >= 4 is 11.6 Å². The van der Waals surface area contributed by atoms with E-state index in [1.165, 1.54) is 6.20 Å². The fourth-order valence-electron chi connectivity index (χ4n) is 1.71. The second-order valence-corrected chi connectivity index (χ2v) is 4.77. The molecule has 7 nitrogen and oxygen atoms in total. The number of nitro groups is 1. The zero-order valence-electron chi connectivity index (χ0n) is 12.3. The smallest absolute Gasteiger partial charge is 0.349 e. The van der Waals surface area contributed by atoms with E-state index in [0.717, 1.165) is 19.3 Å². The van der Waals surface area contributed by atoms with Crippen LogP contribution in [0, 0.1) is 16.0 Å². The van der Waals surface area contributed by atoms with Crippen molar-refractivity contribution in [2.24, 2.45) is 5.92 Å². The first-order valence-electron chi connectivity index (χ1n) is 6.96. The van der Waals surface area contributed by atoms with Crippen LogP contribution in [0.25, 0.3) is 0 Å². The van der Waals surface area contributed by atoms with Crippen LogP contribution in [0.2, 0.25) is 0 Å². The van der Waals surface area contributed by atoms with Crippen molar-refractivity contribution in [1.82, 2.24) is 9.97 Å². The van der Waals surface area contributed by atoms with Crippen molar-refractivity contribution in [3.63, 3.8) is 0 Å². The maximum atomic E-state index is 10.9. The van der Waals surface area contributed by atoms with Crippen molar-refractivity contribution in [3.8, 4) is 5.88 Å². The SMILES string of the molecule is CCCNc1ncc([N+](=O)[O-])c(OCC(C)CCC)n1. The monoisotopic (exact) mass is 282 g/mol. The molecule has 1 unspecified atom stereocenters. The first-order chi connectivity index (χ1) is 9.58. The number of hydrogen-bond acceptors (Lipinski definition) is 6. The van der Waals surface area contributed by atoms with E-state index in [1.807, 2.05) is 13.8 Å². The van der Waals surface area contributed by atoms with Crippen molar-refractivity contribution in [2.45, 2.75) is 40.0 Å². The lowest BCUT2D eigenvalue weighted by Gasteiger charge is -2.12. The highest BCUT2D eigenvalue weighted by Crippen LogP contribution is 2.25. The lowest BCUT2D eigenvalue weighted by molar-refractivity contribution is -0.386. The summed E-state index contributed by atoms with van der Waals surface area (Å²) >= 11 is 0. The van der Waals surface area contributed by atoms with Crippen LogP contribution in [-0.2, 0) is 0 Å². The molecular weight excluding hydrogens is 260 g/mol. The Kier molecular flexibility index (Phi) is 6.69. The van der Waals surface area contributed by atoms with Crippen LogP contribution in [0.1, 0.15) is 40.0 Å². The second-order valence-electron chi connectivity index (χ2n) is 4.77. The highest BCUT2D eigenvalue weighted by Gasteiger charge is 2.19. The van der Waals surface area contributed by atoms with Gasteiger partial charge in [0, 0.05) is 6.54 Å². The van der Waals surface area contributed by atoms with Crippen molar-refractivity contribution < 1.29 is 9.66 Å². The maximum absolute atomic E-state index is 10.9. The molecule has 0 fully saturated rings. The topological polar surface area (TPSA) is 90.2 Å². The third-order valence-corrected chi connectivity index (χ3v) is 2.75. The lowest BCUT2D eigenvalue weighted by atomic mass is 10.1. The molecule has 0 amide bonds. The first kappa shape index (κ1) is 16.1. The highest BCUT2D eigenvalue weighted by atomic mass is 16.6. The Morgan fingerprint density at radius 1 is 1.45 bits per heavy atom. The molecule has 1 heterocycles. The van der Waals surface area contributed by atoms with Gasteiger partial charge in [-0.05, 0) is 18.8 Å². The van der Waals surface area contributed by atoms with Gasteiger partial charge in [0.05, 0.1) is 11.5 Å². The summed E-state index contributed by atoms with van der Waals surface area (Å²) in [6, 6.07) is 0. The number of nitrogens with zero attached hydrogens (tertiary/aromatic N) is 3. The van der Waals surface area contributed by atoms with Crippen LogP contribution in [-0.4, -0.2) is 28.0 Å². The van der Waals surface area contributed by atoms with Gasteiger partial charge < -0.3 is 10.1 Å². The predicted molar refractivity (Wildman–Crippen MR) is 77.0 cm³/mol. The van der Waals surface area contributed by atoms with Crippen molar-refractivity contribution in [1.29, 1.82) is 0 Å². The molecule has 20 heavy (non-hydrogen) atoms. The molecule has 1 atom stereocenters. The van der Waals surface area contributed by atoms with Gasteiger partial charge in [0.2, 0.25) is 5.95 Å².